The van der Waals surface area contributed by atoms with Crippen LogP contribution in [0, 0.1) is 11.8 Å². The van der Waals surface area contributed by atoms with Gasteiger partial charge in [0.05, 0.1) is 11.3 Å². The van der Waals surface area contributed by atoms with Gasteiger partial charge in [0.2, 0.25) is 5.91 Å². The summed E-state index contributed by atoms with van der Waals surface area (Å²) in [6, 6.07) is 2.38. The average Bonchev–Trinajstić information content (AvgIpc) is 3.12. The number of amides is 1. The molecule has 1 amide bonds. The molecule has 3 atom stereocenters. The predicted molar refractivity (Wildman–Crippen MR) is 101 cm³/mol. The first-order valence-electron chi connectivity index (χ1n) is 9.16. The average molecular weight is 359 g/mol. The van der Waals surface area contributed by atoms with Crippen molar-refractivity contribution < 1.29 is 4.79 Å². The van der Waals surface area contributed by atoms with Gasteiger partial charge in [-0.3, -0.25) is 4.79 Å². The van der Waals surface area contributed by atoms with E-state index in [1.165, 1.54) is 0 Å². The third kappa shape index (κ3) is 3.48. The lowest BCUT2D eigenvalue weighted by Gasteiger charge is -2.35. The lowest BCUT2D eigenvalue weighted by Crippen LogP contribution is -2.52. The first kappa shape index (κ1) is 16.7. The maximum Gasteiger partial charge on any atom is 0.225 e. The second kappa shape index (κ2) is 7.25. The molecule has 2 aromatic rings. The number of nitrogens with one attached hydrogen (secondary N) is 2. The topological polar surface area (TPSA) is 70.2 Å². The van der Waals surface area contributed by atoms with Gasteiger partial charge in [-0.05, 0) is 49.7 Å². The molecule has 25 heavy (non-hydrogen) atoms. The van der Waals surface area contributed by atoms with E-state index in [0.29, 0.717) is 12.0 Å². The number of piperidine rings is 2. The Morgan fingerprint density at radius 3 is 3.20 bits per heavy atom. The van der Waals surface area contributed by atoms with Gasteiger partial charge >= 0.3 is 0 Å². The van der Waals surface area contributed by atoms with Crippen molar-refractivity contribution in [1.82, 2.24) is 20.6 Å². The van der Waals surface area contributed by atoms with Crippen molar-refractivity contribution in [3.8, 4) is 0 Å². The van der Waals surface area contributed by atoms with Crippen LogP contribution in [-0.4, -0.2) is 48.1 Å². The molecule has 4 rings (SSSR count). The van der Waals surface area contributed by atoms with Crippen molar-refractivity contribution in [2.75, 3.05) is 31.1 Å². The lowest BCUT2D eigenvalue weighted by atomic mass is 9.92. The molecule has 2 N–H and O–H groups in total. The molecule has 6 nitrogen and oxygen atoms in total. The summed E-state index contributed by atoms with van der Waals surface area (Å²) in [5.74, 6) is 1.71. The number of rotatable bonds is 3. The van der Waals surface area contributed by atoms with Gasteiger partial charge < -0.3 is 15.5 Å². The molecular weight excluding hydrogens is 334 g/mol. The Bertz CT molecular complexity index is 748. The number of thiophene rings is 1. The highest BCUT2D eigenvalue weighted by atomic mass is 32.1. The van der Waals surface area contributed by atoms with E-state index in [1.807, 2.05) is 0 Å². The summed E-state index contributed by atoms with van der Waals surface area (Å²) in [6.07, 6.45) is 4.63. The van der Waals surface area contributed by atoms with Crippen molar-refractivity contribution in [1.29, 1.82) is 0 Å². The minimum absolute atomic E-state index is 0.0412. The number of aromatic nitrogens is 2. The van der Waals surface area contributed by atoms with E-state index in [4.69, 9.17) is 0 Å². The number of hydrogen-bond donors (Lipinski definition) is 2. The molecule has 0 aromatic carbocycles. The number of carbonyl (C=O) groups is 1. The summed E-state index contributed by atoms with van der Waals surface area (Å²) in [5.41, 5.74) is 0. The lowest BCUT2D eigenvalue weighted by molar-refractivity contribution is -0.126. The van der Waals surface area contributed by atoms with E-state index in [2.05, 4.69) is 43.9 Å². The third-order valence-corrected chi connectivity index (χ3v) is 6.27. The second-order valence-electron chi connectivity index (χ2n) is 7.21. The summed E-state index contributed by atoms with van der Waals surface area (Å²) in [4.78, 5) is 24.9. The fraction of sp³-hybridized carbons (Fsp3) is 0.611. The van der Waals surface area contributed by atoms with Crippen LogP contribution < -0.4 is 15.5 Å². The van der Waals surface area contributed by atoms with Gasteiger partial charge in [0.15, 0.2) is 0 Å². The molecule has 0 saturated carbocycles. The van der Waals surface area contributed by atoms with E-state index in [-0.39, 0.29) is 11.8 Å². The maximum absolute atomic E-state index is 12.8. The molecule has 0 aliphatic carbocycles. The molecule has 2 aromatic heterocycles. The largest absolute Gasteiger partial charge is 0.355 e. The molecule has 134 valence electrons. The van der Waals surface area contributed by atoms with E-state index in [9.17, 15) is 4.79 Å². The highest BCUT2D eigenvalue weighted by Gasteiger charge is 2.30. The quantitative estimate of drug-likeness (QED) is 0.877. The van der Waals surface area contributed by atoms with Gasteiger partial charge in [-0.2, -0.15) is 0 Å². The smallest absolute Gasteiger partial charge is 0.225 e. The van der Waals surface area contributed by atoms with Crippen molar-refractivity contribution in [2.24, 2.45) is 11.8 Å². The Labute approximate surface area is 152 Å². The molecule has 3 unspecified atom stereocenters. The van der Waals surface area contributed by atoms with Gasteiger partial charge in [-0.15, -0.1) is 11.3 Å². The second-order valence-corrected chi connectivity index (χ2v) is 8.10. The predicted octanol–water partition coefficient (Wildman–Crippen LogP) is 2.02. The van der Waals surface area contributed by atoms with Crippen molar-refractivity contribution in [3.05, 3.63) is 17.8 Å². The minimum atomic E-state index is 0.0412. The van der Waals surface area contributed by atoms with Crippen LogP contribution in [0.3, 0.4) is 0 Å². The molecule has 4 heterocycles. The number of carbonyl (C=O) groups excluding carboxylic acids is 1. The van der Waals surface area contributed by atoms with E-state index in [0.717, 1.165) is 61.5 Å². The van der Waals surface area contributed by atoms with Crippen molar-refractivity contribution >= 4 is 33.3 Å². The van der Waals surface area contributed by atoms with Crippen molar-refractivity contribution in [2.45, 2.75) is 32.2 Å². The van der Waals surface area contributed by atoms with Crippen LogP contribution in [-0.2, 0) is 4.79 Å². The third-order valence-electron chi connectivity index (χ3n) is 5.45. The summed E-state index contributed by atoms with van der Waals surface area (Å²) in [5, 5.41) is 9.84. The van der Waals surface area contributed by atoms with Crippen LogP contribution >= 0.6 is 11.3 Å². The number of anilines is 1. The van der Waals surface area contributed by atoms with Crippen LogP contribution in [0.4, 0.5) is 5.82 Å². The molecular formula is C18H25N5OS. The first-order valence-corrected chi connectivity index (χ1v) is 10.0. The molecule has 2 aliphatic heterocycles. The Balaban J connectivity index is 1.45. The SMILES string of the molecule is CC1CNCCC1NC(=O)C1CCCN(c2ncnc3sccc23)C1. The summed E-state index contributed by atoms with van der Waals surface area (Å²) < 4.78 is 0. The Morgan fingerprint density at radius 2 is 2.32 bits per heavy atom. The van der Waals surface area contributed by atoms with Crippen LogP contribution in [0.1, 0.15) is 26.2 Å². The molecule has 0 bridgehead atoms. The molecule has 2 fully saturated rings. The zero-order valence-electron chi connectivity index (χ0n) is 14.6. The van der Waals surface area contributed by atoms with Crippen molar-refractivity contribution in [3.63, 3.8) is 0 Å². The fourth-order valence-corrected chi connectivity index (χ4v) is 4.67. The highest BCUT2D eigenvalue weighted by Crippen LogP contribution is 2.30. The van der Waals surface area contributed by atoms with Gasteiger partial charge in [0, 0.05) is 19.1 Å². The minimum Gasteiger partial charge on any atom is -0.355 e. The van der Waals surface area contributed by atoms with Crippen LogP contribution in [0.5, 0.6) is 0 Å². The number of fused-ring (bicyclic) bond motifs is 1. The standard InChI is InChI=1S/C18H25N5OS/c1-12-9-19-6-4-15(12)22-17(24)13-3-2-7-23(10-13)16-14-5-8-25-18(14)21-11-20-16/h5,8,11-13,15,19H,2-4,6-7,9-10H2,1H3,(H,22,24). The fourth-order valence-electron chi connectivity index (χ4n) is 3.94. The Morgan fingerprint density at radius 1 is 1.40 bits per heavy atom. The van der Waals surface area contributed by atoms with Gasteiger partial charge in [-0.1, -0.05) is 6.92 Å². The number of nitrogens with zero attached hydrogens (tertiary/aromatic N) is 3. The Kier molecular flexibility index (Phi) is 4.85. The summed E-state index contributed by atoms with van der Waals surface area (Å²) >= 11 is 1.63. The van der Waals surface area contributed by atoms with E-state index in [1.54, 1.807) is 17.7 Å². The normalized spacial score (nSPS) is 27.4. The molecule has 0 radical (unpaired) electrons. The zero-order chi connectivity index (χ0) is 17.2. The van der Waals surface area contributed by atoms with Crippen LogP contribution in [0.15, 0.2) is 17.8 Å². The number of hydrogen-bond acceptors (Lipinski definition) is 6. The molecule has 0 spiro atoms. The maximum atomic E-state index is 12.8. The monoisotopic (exact) mass is 359 g/mol. The summed E-state index contributed by atoms with van der Waals surface area (Å²) in [7, 11) is 0. The first-order chi connectivity index (χ1) is 12.2. The summed E-state index contributed by atoms with van der Waals surface area (Å²) in [6.45, 7) is 5.88. The van der Waals surface area contributed by atoms with Gasteiger partial charge in [0.25, 0.3) is 0 Å². The van der Waals surface area contributed by atoms with Gasteiger partial charge in [0.1, 0.15) is 17.0 Å². The van der Waals surface area contributed by atoms with E-state index >= 15 is 0 Å². The van der Waals surface area contributed by atoms with Gasteiger partial charge in [-0.25, -0.2) is 9.97 Å². The van der Waals surface area contributed by atoms with Crippen LogP contribution in [0.2, 0.25) is 0 Å². The molecule has 2 aliphatic rings. The molecule has 2 saturated heterocycles. The zero-order valence-corrected chi connectivity index (χ0v) is 15.4. The highest BCUT2D eigenvalue weighted by molar-refractivity contribution is 7.16. The molecule has 7 heteroatoms. The van der Waals surface area contributed by atoms with Crippen LogP contribution in [0.25, 0.3) is 10.2 Å². The van der Waals surface area contributed by atoms with E-state index < -0.39 is 0 Å². The Hall–Kier alpha value is -1.73.